The summed E-state index contributed by atoms with van der Waals surface area (Å²) in [7, 11) is 0. The molecule has 1 aromatic rings. The van der Waals surface area contributed by atoms with Crippen LogP contribution in [0, 0.1) is 11.8 Å². The number of hydrogen-bond acceptors (Lipinski definition) is 1. The number of halogens is 1. The molecule has 19 heavy (non-hydrogen) atoms. The molecule has 102 valence electrons. The number of carbonyl (C=O) groups excluding carboxylic acids is 1. The van der Waals surface area contributed by atoms with Crippen molar-refractivity contribution in [1.29, 1.82) is 0 Å². The maximum Gasteiger partial charge on any atom is 0.226 e. The van der Waals surface area contributed by atoms with Crippen molar-refractivity contribution >= 4 is 17.5 Å². The lowest BCUT2D eigenvalue weighted by atomic mass is 9.98. The largest absolute Gasteiger partial charge is 0.342 e. The molecule has 3 rings (SSSR count). The summed E-state index contributed by atoms with van der Waals surface area (Å²) in [4.78, 5) is 14.5. The van der Waals surface area contributed by atoms with Crippen LogP contribution in [0.5, 0.6) is 0 Å². The lowest BCUT2D eigenvalue weighted by molar-refractivity contribution is -0.134. The van der Waals surface area contributed by atoms with Gasteiger partial charge in [0.2, 0.25) is 5.91 Å². The van der Waals surface area contributed by atoms with Gasteiger partial charge >= 0.3 is 0 Å². The SMILES string of the molecule is CC1CCN(C(=O)C2CC2c2ccccc2Cl)CC1. The molecule has 2 fully saturated rings. The van der Waals surface area contributed by atoms with Crippen molar-refractivity contribution in [1.82, 2.24) is 4.90 Å². The highest BCUT2D eigenvalue weighted by molar-refractivity contribution is 6.31. The van der Waals surface area contributed by atoms with Crippen molar-refractivity contribution in [3.63, 3.8) is 0 Å². The van der Waals surface area contributed by atoms with E-state index in [1.54, 1.807) is 0 Å². The fourth-order valence-electron chi connectivity index (χ4n) is 3.05. The van der Waals surface area contributed by atoms with E-state index in [0.717, 1.165) is 48.9 Å². The minimum atomic E-state index is 0.174. The van der Waals surface area contributed by atoms with Gasteiger partial charge in [-0.3, -0.25) is 4.79 Å². The van der Waals surface area contributed by atoms with Crippen LogP contribution in [0.15, 0.2) is 24.3 Å². The number of carbonyl (C=O) groups is 1. The summed E-state index contributed by atoms with van der Waals surface area (Å²) in [6, 6.07) is 7.92. The summed E-state index contributed by atoms with van der Waals surface area (Å²) in [6.07, 6.45) is 3.26. The van der Waals surface area contributed by atoms with Crippen molar-refractivity contribution in [3.8, 4) is 0 Å². The Balaban J connectivity index is 1.63. The molecule has 1 aliphatic carbocycles. The Bertz CT molecular complexity index is 479. The van der Waals surface area contributed by atoms with E-state index in [9.17, 15) is 4.79 Å². The second-order valence-electron chi connectivity index (χ2n) is 5.98. The molecule has 1 aliphatic heterocycles. The number of piperidine rings is 1. The minimum absolute atomic E-state index is 0.174. The quantitative estimate of drug-likeness (QED) is 0.807. The smallest absolute Gasteiger partial charge is 0.226 e. The molecule has 1 amide bonds. The van der Waals surface area contributed by atoms with Gasteiger partial charge in [0.1, 0.15) is 0 Å². The highest BCUT2D eigenvalue weighted by atomic mass is 35.5. The van der Waals surface area contributed by atoms with Crippen LogP contribution >= 0.6 is 11.6 Å². The zero-order valence-electron chi connectivity index (χ0n) is 11.3. The van der Waals surface area contributed by atoms with Crippen LogP contribution < -0.4 is 0 Å². The topological polar surface area (TPSA) is 20.3 Å². The maximum absolute atomic E-state index is 12.4. The van der Waals surface area contributed by atoms with Gasteiger partial charge in [0.15, 0.2) is 0 Å². The number of amides is 1. The minimum Gasteiger partial charge on any atom is -0.342 e. The summed E-state index contributed by atoms with van der Waals surface area (Å²) in [6.45, 7) is 4.14. The third-order valence-electron chi connectivity index (χ3n) is 4.51. The zero-order valence-corrected chi connectivity index (χ0v) is 12.1. The Labute approximate surface area is 119 Å². The third-order valence-corrected chi connectivity index (χ3v) is 4.85. The molecule has 1 saturated carbocycles. The summed E-state index contributed by atoms with van der Waals surface area (Å²) in [5.74, 6) is 1.63. The van der Waals surface area contributed by atoms with Crippen LogP contribution in [0.2, 0.25) is 5.02 Å². The molecule has 2 nitrogen and oxygen atoms in total. The van der Waals surface area contributed by atoms with Gasteiger partial charge in [-0.25, -0.2) is 0 Å². The van der Waals surface area contributed by atoms with Gasteiger partial charge < -0.3 is 4.90 Å². The van der Waals surface area contributed by atoms with Gasteiger partial charge in [-0.2, -0.15) is 0 Å². The van der Waals surface area contributed by atoms with Crippen molar-refractivity contribution in [2.24, 2.45) is 11.8 Å². The highest BCUT2D eigenvalue weighted by Gasteiger charge is 2.46. The molecule has 1 saturated heterocycles. The standard InChI is InChI=1S/C16H20ClNO/c1-11-6-8-18(9-7-11)16(19)14-10-13(14)12-4-2-3-5-15(12)17/h2-5,11,13-14H,6-10H2,1H3. The fourth-order valence-corrected chi connectivity index (χ4v) is 3.33. The van der Waals surface area contributed by atoms with E-state index >= 15 is 0 Å². The molecule has 1 heterocycles. The Kier molecular flexibility index (Phi) is 3.53. The Morgan fingerprint density at radius 2 is 1.95 bits per heavy atom. The van der Waals surface area contributed by atoms with Gasteiger partial charge in [-0.1, -0.05) is 36.7 Å². The Morgan fingerprint density at radius 1 is 1.26 bits per heavy atom. The van der Waals surface area contributed by atoms with Gasteiger partial charge in [-0.05, 0) is 42.7 Å². The number of rotatable bonds is 2. The fraction of sp³-hybridized carbons (Fsp3) is 0.562. The van der Waals surface area contributed by atoms with Crippen LogP contribution in [-0.2, 0) is 4.79 Å². The van der Waals surface area contributed by atoms with Gasteiger partial charge in [0, 0.05) is 24.0 Å². The molecule has 0 aromatic heterocycles. The Hall–Kier alpha value is -1.02. The molecule has 1 aromatic carbocycles. The molecule has 0 bridgehead atoms. The second kappa shape index (κ2) is 5.16. The van der Waals surface area contributed by atoms with Crippen molar-refractivity contribution < 1.29 is 4.79 Å². The molecule has 3 heteroatoms. The molecular formula is C16H20ClNO. The van der Waals surface area contributed by atoms with Crippen LogP contribution in [0.3, 0.4) is 0 Å². The first-order valence-corrected chi connectivity index (χ1v) is 7.58. The van der Waals surface area contributed by atoms with E-state index in [1.807, 2.05) is 18.2 Å². The highest BCUT2D eigenvalue weighted by Crippen LogP contribution is 2.50. The van der Waals surface area contributed by atoms with E-state index in [1.165, 1.54) is 0 Å². The lowest BCUT2D eigenvalue weighted by Gasteiger charge is -2.30. The number of likely N-dealkylation sites (tertiary alicyclic amines) is 1. The summed E-state index contributed by atoms with van der Waals surface area (Å²) >= 11 is 6.21. The molecule has 0 radical (unpaired) electrons. The number of benzene rings is 1. The molecule has 0 spiro atoms. The van der Waals surface area contributed by atoms with E-state index in [-0.39, 0.29) is 5.92 Å². The predicted octanol–water partition coefficient (Wildman–Crippen LogP) is 3.70. The van der Waals surface area contributed by atoms with E-state index < -0.39 is 0 Å². The first kappa shape index (κ1) is 13.0. The maximum atomic E-state index is 12.4. The number of nitrogens with zero attached hydrogens (tertiary/aromatic N) is 1. The summed E-state index contributed by atoms with van der Waals surface area (Å²) in [5, 5.41) is 0.801. The average Bonchev–Trinajstić information content (AvgIpc) is 3.19. The molecule has 2 unspecified atom stereocenters. The predicted molar refractivity (Wildman–Crippen MR) is 77.3 cm³/mol. The van der Waals surface area contributed by atoms with Crippen LogP contribution in [0.25, 0.3) is 0 Å². The molecular weight excluding hydrogens is 258 g/mol. The van der Waals surface area contributed by atoms with Crippen LogP contribution in [0.4, 0.5) is 0 Å². The van der Waals surface area contributed by atoms with Crippen molar-refractivity contribution in [3.05, 3.63) is 34.9 Å². The van der Waals surface area contributed by atoms with Crippen LogP contribution in [0.1, 0.15) is 37.7 Å². The normalized spacial score (nSPS) is 27.4. The van der Waals surface area contributed by atoms with E-state index in [4.69, 9.17) is 11.6 Å². The van der Waals surface area contributed by atoms with Gasteiger partial charge in [0.25, 0.3) is 0 Å². The van der Waals surface area contributed by atoms with Gasteiger partial charge in [-0.15, -0.1) is 0 Å². The summed E-state index contributed by atoms with van der Waals surface area (Å²) < 4.78 is 0. The first-order chi connectivity index (χ1) is 9.16. The van der Waals surface area contributed by atoms with E-state index in [2.05, 4.69) is 17.9 Å². The molecule has 0 N–H and O–H groups in total. The van der Waals surface area contributed by atoms with Crippen molar-refractivity contribution in [2.75, 3.05) is 13.1 Å². The van der Waals surface area contributed by atoms with Crippen LogP contribution in [-0.4, -0.2) is 23.9 Å². The first-order valence-electron chi connectivity index (χ1n) is 7.20. The average molecular weight is 278 g/mol. The molecule has 2 atom stereocenters. The Morgan fingerprint density at radius 3 is 2.63 bits per heavy atom. The van der Waals surface area contributed by atoms with E-state index in [0.29, 0.717) is 11.8 Å². The third kappa shape index (κ3) is 2.64. The second-order valence-corrected chi connectivity index (χ2v) is 6.39. The monoisotopic (exact) mass is 277 g/mol. The van der Waals surface area contributed by atoms with Gasteiger partial charge in [0.05, 0.1) is 0 Å². The summed E-state index contributed by atoms with van der Waals surface area (Å²) in [5.41, 5.74) is 1.15. The lowest BCUT2D eigenvalue weighted by Crippen LogP contribution is -2.39. The van der Waals surface area contributed by atoms with Crippen molar-refractivity contribution in [2.45, 2.75) is 32.1 Å². The number of hydrogen-bond donors (Lipinski definition) is 0. The zero-order chi connectivity index (χ0) is 13.4. The molecule has 2 aliphatic rings.